The van der Waals surface area contributed by atoms with Gasteiger partial charge in [-0.3, -0.25) is 0 Å². The zero-order valence-corrected chi connectivity index (χ0v) is 15.9. The third-order valence-electron chi connectivity index (χ3n) is 5.15. The second kappa shape index (κ2) is 7.31. The molecule has 3 rings (SSSR count). The molecule has 2 fully saturated rings. The van der Waals surface area contributed by atoms with Crippen LogP contribution in [0.3, 0.4) is 0 Å². The molecule has 2 saturated heterocycles. The summed E-state index contributed by atoms with van der Waals surface area (Å²) in [5, 5.41) is 6.11. The maximum Gasteiger partial charge on any atom is 0.315 e. The first kappa shape index (κ1) is 17.5. The number of ether oxygens (including phenoxy) is 1. The number of urea groups is 1. The minimum absolute atomic E-state index is 0.0691. The predicted octanol–water partition coefficient (Wildman–Crippen LogP) is 3.14. The molecule has 0 aliphatic carbocycles. The van der Waals surface area contributed by atoms with Crippen LogP contribution < -0.4 is 15.5 Å². The Balaban J connectivity index is 1.43. The van der Waals surface area contributed by atoms with Crippen molar-refractivity contribution in [1.29, 1.82) is 0 Å². The lowest BCUT2D eigenvalue weighted by molar-refractivity contribution is 0.0120. The lowest BCUT2D eigenvalue weighted by Gasteiger charge is -2.26. The summed E-state index contributed by atoms with van der Waals surface area (Å²) in [5.41, 5.74) is 1.06. The lowest BCUT2D eigenvalue weighted by atomic mass is 9.91. The summed E-state index contributed by atoms with van der Waals surface area (Å²) in [7, 11) is 0. The maximum atomic E-state index is 12.2. The molecule has 6 heteroatoms. The lowest BCUT2D eigenvalue weighted by Crippen LogP contribution is -2.46. The van der Waals surface area contributed by atoms with Crippen LogP contribution in [0.1, 0.15) is 26.7 Å². The van der Waals surface area contributed by atoms with E-state index in [2.05, 4.69) is 57.4 Å². The smallest absolute Gasteiger partial charge is 0.315 e. The molecule has 132 valence electrons. The Kier molecular flexibility index (Phi) is 5.35. The molecule has 2 aliphatic rings. The Labute approximate surface area is 152 Å². The van der Waals surface area contributed by atoms with Gasteiger partial charge >= 0.3 is 6.03 Å². The number of hydrogen-bond donors (Lipinski definition) is 2. The molecule has 2 N–H and O–H groups in total. The van der Waals surface area contributed by atoms with Gasteiger partial charge in [0.15, 0.2) is 0 Å². The quantitative estimate of drug-likeness (QED) is 0.822. The molecule has 0 spiro atoms. The normalized spacial score (nSPS) is 25.7. The number of benzene rings is 1. The molecule has 0 bridgehead atoms. The molecular weight excluding hydrogens is 370 g/mol. The van der Waals surface area contributed by atoms with Gasteiger partial charge in [-0.2, -0.15) is 0 Å². The van der Waals surface area contributed by atoms with Crippen molar-refractivity contribution in [2.75, 3.05) is 31.1 Å². The first-order valence-electron chi connectivity index (χ1n) is 8.63. The van der Waals surface area contributed by atoms with Crippen LogP contribution in [0.5, 0.6) is 0 Å². The molecule has 2 unspecified atom stereocenters. The van der Waals surface area contributed by atoms with E-state index in [1.165, 1.54) is 5.69 Å². The van der Waals surface area contributed by atoms with Gasteiger partial charge in [-0.05, 0) is 51.0 Å². The number of nitrogens with one attached hydrogen (secondary N) is 2. The van der Waals surface area contributed by atoms with Gasteiger partial charge in [0.05, 0.1) is 5.60 Å². The largest absolute Gasteiger partial charge is 0.375 e. The Morgan fingerprint density at radius 3 is 2.75 bits per heavy atom. The molecular formula is C18H26BrN3O2. The van der Waals surface area contributed by atoms with E-state index in [1.807, 2.05) is 12.1 Å². The molecule has 24 heavy (non-hydrogen) atoms. The van der Waals surface area contributed by atoms with Crippen molar-refractivity contribution in [3.05, 3.63) is 28.7 Å². The third-order valence-corrected chi connectivity index (χ3v) is 5.68. The first-order chi connectivity index (χ1) is 11.4. The SMILES string of the molecule is CC1(C)OCCC1CNC(=O)NC1CCN(c2ccc(Br)cc2)C1. The van der Waals surface area contributed by atoms with Gasteiger partial charge in [0.1, 0.15) is 0 Å². The van der Waals surface area contributed by atoms with Gasteiger partial charge in [0.2, 0.25) is 0 Å². The van der Waals surface area contributed by atoms with Crippen molar-refractivity contribution in [1.82, 2.24) is 10.6 Å². The standard InChI is InChI=1S/C18H26BrN3O2/c1-18(2)13(8-10-24-18)11-20-17(23)21-15-7-9-22(12-15)16-5-3-14(19)4-6-16/h3-6,13,15H,7-12H2,1-2H3,(H2,20,21,23). The number of hydrogen-bond acceptors (Lipinski definition) is 3. The van der Waals surface area contributed by atoms with Gasteiger partial charge in [-0.25, -0.2) is 4.79 Å². The van der Waals surface area contributed by atoms with Crippen molar-refractivity contribution in [3.63, 3.8) is 0 Å². The predicted molar refractivity (Wildman–Crippen MR) is 99.4 cm³/mol. The van der Waals surface area contributed by atoms with Crippen LogP contribution >= 0.6 is 15.9 Å². The van der Waals surface area contributed by atoms with E-state index in [4.69, 9.17) is 4.74 Å². The Hall–Kier alpha value is -1.27. The van der Waals surface area contributed by atoms with Crippen molar-refractivity contribution in [2.24, 2.45) is 5.92 Å². The van der Waals surface area contributed by atoms with Crippen LogP contribution in [0.15, 0.2) is 28.7 Å². The maximum absolute atomic E-state index is 12.2. The second-order valence-corrected chi connectivity index (χ2v) is 8.12. The zero-order chi connectivity index (χ0) is 17.2. The average molecular weight is 396 g/mol. The second-order valence-electron chi connectivity index (χ2n) is 7.20. The number of rotatable bonds is 4. The fourth-order valence-corrected chi connectivity index (χ4v) is 3.76. The van der Waals surface area contributed by atoms with Gasteiger partial charge in [0.25, 0.3) is 0 Å². The highest BCUT2D eigenvalue weighted by Crippen LogP contribution is 2.30. The van der Waals surface area contributed by atoms with Crippen LogP contribution in [0, 0.1) is 5.92 Å². The number of carbonyl (C=O) groups is 1. The summed E-state index contributed by atoms with van der Waals surface area (Å²) in [6.45, 7) is 7.46. The molecule has 1 aromatic rings. The van der Waals surface area contributed by atoms with Gasteiger partial charge in [-0.15, -0.1) is 0 Å². The first-order valence-corrected chi connectivity index (χ1v) is 9.42. The minimum Gasteiger partial charge on any atom is -0.375 e. The zero-order valence-electron chi connectivity index (χ0n) is 14.3. The van der Waals surface area contributed by atoms with Crippen molar-refractivity contribution in [3.8, 4) is 0 Å². The molecule has 0 radical (unpaired) electrons. The fraction of sp³-hybridized carbons (Fsp3) is 0.611. The van der Waals surface area contributed by atoms with Gasteiger partial charge < -0.3 is 20.3 Å². The topological polar surface area (TPSA) is 53.6 Å². The van der Waals surface area contributed by atoms with Crippen LogP contribution in [0.4, 0.5) is 10.5 Å². The van der Waals surface area contributed by atoms with Crippen molar-refractivity contribution < 1.29 is 9.53 Å². The number of carbonyl (C=O) groups excluding carboxylic acids is 1. The van der Waals surface area contributed by atoms with Crippen LogP contribution in [0.2, 0.25) is 0 Å². The van der Waals surface area contributed by atoms with E-state index >= 15 is 0 Å². The molecule has 0 aromatic heterocycles. The summed E-state index contributed by atoms with van der Waals surface area (Å²) in [5.74, 6) is 0.381. The van der Waals surface area contributed by atoms with Crippen molar-refractivity contribution >= 4 is 27.6 Å². The highest BCUT2D eigenvalue weighted by Gasteiger charge is 2.35. The van der Waals surface area contributed by atoms with Gasteiger partial charge in [0, 0.05) is 48.4 Å². The number of nitrogens with zero attached hydrogens (tertiary/aromatic N) is 1. The van der Waals surface area contributed by atoms with E-state index in [1.54, 1.807) is 0 Å². The molecule has 2 amide bonds. The molecule has 2 aliphatic heterocycles. The summed E-state index contributed by atoms with van der Waals surface area (Å²) in [6.07, 6.45) is 1.98. The molecule has 0 saturated carbocycles. The van der Waals surface area contributed by atoms with E-state index in [0.29, 0.717) is 12.5 Å². The average Bonchev–Trinajstić information content (AvgIpc) is 3.12. The number of halogens is 1. The molecule has 1 aromatic carbocycles. The number of amides is 2. The van der Waals surface area contributed by atoms with Crippen LogP contribution in [-0.4, -0.2) is 43.9 Å². The summed E-state index contributed by atoms with van der Waals surface area (Å²) < 4.78 is 6.79. The highest BCUT2D eigenvalue weighted by atomic mass is 79.9. The molecule has 2 heterocycles. The van der Waals surface area contributed by atoms with E-state index < -0.39 is 0 Å². The summed E-state index contributed by atoms with van der Waals surface area (Å²) in [6, 6.07) is 8.44. The minimum atomic E-state index is -0.140. The van der Waals surface area contributed by atoms with Crippen LogP contribution in [-0.2, 0) is 4.74 Å². The summed E-state index contributed by atoms with van der Waals surface area (Å²) >= 11 is 3.46. The Morgan fingerprint density at radius 1 is 1.33 bits per heavy atom. The van der Waals surface area contributed by atoms with E-state index in [-0.39, 0.29) is 17.7 Å². The highest BCUT2D eigenvalue weighted by molar-refractivity contribution is 9.10. The fourth-order valence-electron chi connectivity index (χ4n) is 3.49. The molecule has 2 atom stereocenters. The Bertz CT molecular complexity index is 576. The Morgan fingerprint density at radius 2 is 2.08 bits per heavy atom. The summed E-state index contributed by atoms with van der Waals surface area (Å²) in [4.78, 5) is 14.5. The molecule has 5 nitrogen and oxygen atoms in total. The van der Waals surface area contributed by atoms with Crippen molar-refractivity contribution in [2.45, 2.75) is 38.3 Å². The monoisotopic (exact) mass is 395 g/mol. The van der Waals surface area contributed by atoms with Crippen LogP contribution in [0.25, 0.3) is 0 Å². The van der Waals surface area contributed by atoms with E-state index in [9.17, 15) is 4.79 Å². The third kappa shape index (κ3) is 4.22. The van der Waals surface area contributed by atoms with Gasteiger partial charge in [-0.1, -0.05) is 15.9 Å². The number of anilines is 1. The van der Waals surface area contributed by atoms with E-state index in [0.717, 1.165) is 37.0 Å².